The van der Waals surface area contributed by atoms with Crippen molar-refractivity contribution in [3.05, 3.63) is 0 Å². The Morgan fingerprint density at radius 3 is 2.79 bits per heavy atom. The summed E-state index contributed by atoms with van der Waals surface area (Å²) in [5.74, 6) is 0.432. The molecule has 0 spiro atoms. The number of nitrogens with two attached hydrogens (primary N) is 1. The third-order valence-electron chi connectivity index (χ3n) is 3.97. The minimum absolute atomic E-state index is 0.0115. The standard InChI is InChI=1S/C15H30N2O2/c1-3-4-7-10-17-15(18)12(2)19-14-9-6-5-8-13(14)11-16/h12-14H,3-11,16H2,1-2H3,(H,17,18). The van der Waals surface area contributed by atoms with Gasteiger partial charge >= 0.3 is 0 Å². The van der Waals surface area contributed by atoms with Crippen LogP contribution in [0.4, 0.5) is 0 Å². The molecule has 1 rings (SSSR count). The summed E-state index contributed by atoms with van der Waals surface area (Å²) in [5, 5.41) is 2.94. The predicted octanol–water partition coefficient (Wildman–Crippen LogP) is 2.22. The minimum Gasteiger partial charge on any atom is -0.365 e. The Labute approximate surface area is 117 Å². The van der Waals surface area contributed by atoms with E-state index in [2.05, 4.69) is 12.2 Å². The number of carbonyl (C=O) groups excluding carboxylic acids is 1. The molecule has 0 aromatic carbocycles. The van der Waals surface area contributed by atoms with Crippen LogP contribution in [-0.4, -0.2) is 31.2 Å². The lowest BCUT2D eigenvalue weighted by atomic mass is 9.86. The predicted molar refractivity (Wildman–Crippen MR) is 77.9 cm³/mol. The summed E-state index contributed by atoms with van der Waals surface area (Å²) >= 11 is 0. The third kappa shape index (κ3) is 5.91. The van der Waals surface area contributed by atoms with Gasteiger partial charge in [-0.3, -0.25) is 4.79 Å². The Kier molecular flexibility index (Phi) is 8.07. The van der Waals surface area contributed by atoms with Crippen LogP contribution < -0.4 is 11.1 Å². The topological polar surface area (TPSA) is 64.3 Å². The van der Waals surface area contributed by atoms with Crippen molar-refractivity contribution in [3.63, 3.8) is 0 Å². The Morgan fingerprint density at radius 2 is 2.11 bits per heavy atom. The van der Waals surface area contributed by atoms with Gasteiger partial charge in [0.25, 0.3) is 0 Å². The zero-order valence-electron chi connectivity index (χ0n) is 12.5. The second-order valence-corrected chi connectivity index (χ2v) is 5.60. The van der Waals surface area contributed by atoms with Gasteiger partial charge in [-0.05, 0) is 38.6 Å². The fourth-order valence-electron chi connectivity index (χ4n) is 2.68. The van der Waals surface area contributed by atoms with Gasteiger partial charge in [0.1, 0.15) is 6.10 Å². The number of amides is 1. The van der Waals surface area contributed by atoms with Crippen molar-refractivity contribution < 1.29 is 9.53 Å². The number of carbonyl (C=O) groups is 1. The van der Waals surface area contributed by atoms with Crippen molar-refractivity contribution in [2.75, 3.05) is 13.1 Å². The van der Waals surface area contributed by atoms with Crippen molar-refractivity contribution in [3.8, 4) is 0 Å². The average Bonchev–Trinajstić information content (AvgIpc) is 2.44. The van der Waals surface area contributed by atoms with Crippen LogP contribution in [0.3, 0.4) is 0 Å². The highest BCUT2D eigenvalue weighted by Crippen LogP contribution is 2.26. The van der Waals surface area contributed by atoms with E-state index in [0.717, 1.165) is 32.2 Å². The van der Waals surface area contributed by atoms with Crippen molar-refractivity contribution in [1.29, 1.82) is 0 Å². The summed E-state index contributed by atoms with van der Waals surface area (Å²) in [6.07, 6.45) is 7.76. The summed E-state index contributed by atoms with van der Waals surface area (Å²) in [7, 11) is 0. The molecule has 19 heavy (non-hydrogen) atoms. The number of ether oxygens (including phenoxy) is 1. The largest absolute Gasteiger partial charge is 0.365 e. The average molecular weight is 270 g/mol. The van der Waals surface area contributed by atoms with Crippen LogP contribution in [0.5, 0.6) is 0 Å². The first-order chi connectivity index (χ1) is 9.19. The Morgan fingerprint density at radius 1 is 1.37 bits per heavy atom. The van der Waals surface area contributed by atoms with Crippen LogP contribution >= 0.6 is 0 Å². The molecule has 1 fully saturated rings. The number of unbranched alkanes of at least 4 members (excludes halogenated alkanes) is 2. The van der Waals surface area contributed by atoms with Crippen molar-refractivity contribution in [2.45, 2.75) is 71.0 Å². The molecule has 112 valence electrons. The van der Waals surface area contributed by atoms with E-state index in [1.807, 2.05) is 6.92 Å². The lowest BCUT2D eigenvalue weighted by Crippen LogP contribution is -2.41. The molecule has 1 aliphatic carbocycles. The highest BCUT2D eigenvalue weighted by Gasteiger charge is 2.27. The van der Waals surface area contributed by atoms with E-state index in [4.69, 9.17) is 10.5 Å². The first kappa shape index (κ1) is 16.4. The number of hydrogen-bond acceptors (Lipinski definition) is 3. The second-order valence-electron chi connectivity index (χ2n) is 5.60. The number of nitrogens with one attached hydrogen (secondary N) is 1. The fraction of sp³-hybridized carbons (Fsp3) is 0.933. The van der Waals surface area contributed by atoms with Crippen molar-refractivity contribution in [2.24, 2.45) is 11.7 Å². The first-order valence-electron chi connectivity index (χ1n) is 7.82. The molecule has 1 aliphatic rings. The fourth-order valence-corrected chi connectivity index (χ4v) is 2.68. The highest BCUT2D eigenvalue weighted by molar-refractivity contribution is 5.80. The maximum Gasteiger partial charge on any atom is 0.248 e. The molecule has 0 aromatic rings. The molecule has 0 aliphatic heterocycles. The first-order valence-corrected chi connectivity index (χ1v) is 7.82. The zero-order valence-corrected chi connectivity index (χ0v) is 12.5. The molecule has 4 nitrogen and oxygen atoms in total. The molecule has 4 heteroatoms. The second kappa shape index (κ2) is 9.32. The molecule has 3 atom stereocenters. The highest BCUT2D eigenvalue weighted by atomic mass is 16.5. The van der Waals surface area contributed by atoms with Crippen LogP contribution in [0.25, 0.3) is 0 Å². The summed E-state index contributed by atoms with van der Waals surface area (Å²) in [6.45, 7) is 5.42. The number of hydrogen-bond donors (Lipinski definition) is 2. The molecule has 0 heterocycles. The molecule has 0 bridgehead atoms. The van der Waals surface area contributed by atoms with Gasteiger partial charge < -0.3 is 15.8 Å². The SMILES string of the molecule is CCCCCNC(=O)C(C)OC1CCCCC1CN. The Bertz CT molecular complexity index is 259. The third-order valence-corrected chi connectivity index (χ3v) is 3.97. The Balaban J connectivity index is 2.27. The lowest BCUT2D eigenvalue weighted by molar-refractivity contribution is -0.139. The van der Waals surface area contributed by atoms with Gasteiger partial charge in [-0.15, -0.1) is 0 Å². The lowest BCUT2D eigenvalue weighted by Gasteiger charge is -2.32. The molecule has 0 saturated heterocycles. The van der Waals surface area contributed by atoms with Crippen LogP contribution in [0, 0.1) is 5.92 Å². The van der Waals surface area contributed by atoms with E-state index in [1.165, 1.54) is 19.3 Å². The molecule has 0 aromatic heterocycles. The van der Waals surface area contributed by atoms with Crippen molar-refractivity contribution in [1.82, 2.24) is 5.32 Å². The normalized spacial score (nSPS) is 25.0. The Hall–Kier alpha value is -0.610. The summed E-state index contributed by atoms with van der Waals surface area (Å²) in [4.78, 5) is 11.9. The molecular weight excluding hydrogens is 240 g/mol. The molecule has 1 amide bonds. The van der Waals surface area contributed by atoms with E-state index >= 15 is 0 Å². The van der Waals surface area contributed by atoms with Crippen LogP contribution in [-0.2, 0) is 9.53 Å². The van der Waals surface area contributed by atoms with Gasteiger partial charge in [-0.1, -0.05) is 32.6 Å². The van der Waals surface area contributed by atoms with Gasteiger partial charge in [0.2, 0.25) is 5.91 Å². The van der Waals surface area contributed by atoms with E-state index in [1.54, 1.807) is 0 Å². The van der Waals surface area contributed by atoms with Crippen LogP contribution in [0.15, 0.2) is 0 Å². The monoisotopic (exact) mass is 270 g/mol. The molecule has 3 N–H and O–H groups in total. The molecule has 0 radical (unpaired) electrons. The van der Waals surface area contributed by atoms with Gasteiger partial charge in [0.15, 0.2) is 0 Å². The minimum atomic E-state index is -0.362. The van der Waals surface area contributed by atoms with E-state index in [9.17, 15) is 4.79 Å². The number of rotatable bonds is 8. The maximum atomic E-state index is 11.9. The summed E-state index contributed by atoms with van der Waals surface area (Å²) < 4.78 is 5.92. The summed E-state index contributed by atoms with van der Waals surface area (Å²) in [5.41, 5.74) is 5.78. The van der Waals surface area contributed by atoms with Crippen LogP contribution in [0.1, 0.15) is 58.8 Å². The van der Waals surface area contributed by atoms with E-state index in [0.29, 0.717) is 12.5 Å². The quantitative estimate of drug-likeness (QED) is 0.665. The summed E-state index contributed by atoms with van der Waals surface area (Å²) in [6, 6.07) is 0. The van der Waals surface area contributed by atoms with Gasteiger partial charge in [-0.2, -0.15) is 0 Å². The smallest absolute Gasteiger partial charge is 0.248 e. The van der Waals surface area contributed by atoms with Gasteiger partial charge in [0, 0.05) is 6.54 Å². The van der Waals surface area contributed by atoms with Crippen molar-refractivity contribution >= 4 is 5.91 Å². The maximum absolute atomic E-state index is 11.9. The van der Waals surface area contributed by atoms with Gasteiger partial charge in [-0.25, -0.2) is 0 Å². The van der Waals surface area contributed by atoms with E-state index in [-0.39, 0.29) is 18.1 Å². The van der Waals surface area contributed by atoms with E-state index < -0.39 is 0 Å². The van der Waals surface area contributed by atoms with Crippen LogP contribution in [0.2, 0.25) is 0 Å². The van der Waals surface area contributed by atoms with Gasteiger partial charge in [0.05, 0.1) is 6.10 Å². The molecular formula is C15H30N2O2. The zero-order chi connectivity index (χ0) is 14.1. The molecule has 3 unspecified atom stereocenters. The molecule has 1 saturated carbocycles.